The number of ether oxygens (including phenoxy) is 1. The predicted octanol–water partition coefficient (Wildman–Crippen LogP) is 4.20. The summed E-state index contributed by atoms with van der Waals surface area (Å²) in [7, 11) is 0. The summed E-state index contributed by atoms with van der Waals surface area (Å²) in [5, 5.41) is 14.9. The Balaban J connectivity index is 1.47. The number of thioether (sulfide) groups is 1. The van der Waals surface area contributed by atoms with Gasteiger partial charge in [0.15, 0.2) is 0 Å². The number of carbonyl (C=O) groups excluding carboxylic acids is 3. The highest BCUT2D eigenvalue weighted by Crippen LogP contribution is 2.28. The molecule has 0 heterocycles. The van der Waals surface area contributed by atoms with E-state index in [2.05, 4.69) is 10.6 Å². The number of hydrogen-bond donors (Lipinski definition) is 3. The molecule has 0 saturated heterocycles. The summed E-state index contributed by atoms with van der Waals surface area (Å²) in [6.45, 7) is 2.03. The topological polar surface area (TPSA) is 122 Å². The number of carbonyl (C=O) groups is 4. The number of hydrogen-bond acceptors (Lipinski definition) is 6. The molecule has 34 heavy (non-hydrogen) atoms. The van der Waals surface area contributed by atoms with E-state index in [-0.39, 0.29) is 17.6 Å². The SMILES string of the molecule is CCOC(=O)c1ccc(NC(=O)CSc2ccc(NC(=O)C3CC=CCC3C(=O)O)cc2)cc1. The van der Waals surface area contributed by atoms with E-state index in [1.165, 1.54) is 11.8 Å². The Morgan fingerprint density at radius 1 is 0.912 bits per heavy atom. The van der Waals surface area contributed by atoms with Gasteiger partial charge in [-0.15, -0.1) is 11.8 Å². The zero-order chi connectivity index (χ0) is 24.5. The highest BCUT2D eigenvalue weighted by molar-refractivity contribution is 8.00. The average Bonchev–Trinajstić information content (AvgIpc) is 2.84. The summed E-state index contributed by atoms with van der Waals surface area (Å²) >= 11 is 1.34. The summed E-state index contributed by atoms with van der Waals surface area (Å²) in [4.78, 5) is 48.7. The van der Waals surface area contributed by atoms with Gasteiger partial charge in [0.2, 0.25) is 11.8 Å². The van der Waals surface area contributed by atoms with Gasteiger partial charge in [0.1, 0.15) is 0 Å². The molecule has 1 aliphatic carbocycles. The van der Waals surface area contributed by atoms with Gasteiger partial charge >= 0.3 is 11.9 Å². The van der Waals surface area contributed by atoms with E-state index >= 15 is 0 Å². The second-order valence-corrected chi connectivity index (χ2v) is 8.69. The summed E-state index contributed by atoms with van der Waals surface area (Å²) in [5.74, 6) is -3.04. The van der Waals surface area contributed by atoms with E-state index < -0.39 is 23.8 Å². The molecule has 0 bridgehead atoms. The molecule has 0 aliphatic heterocycles. The molecule has 0 spiro atoms. The van der Waals surface area contributed by atoms with Crippen molar-refractivity contribution in [2.24, 2.45) is 11.8 Å². The minimum absolute atomic E-state index is 0.181. The van der Waals surface area contributed by atoms with Gasteiger partial charge in [-0.3, -0.25) is 14.4 Å². The Kier molecular flexibility index (Phi) is 8.86. The molecule has 2 aromatic carbocycles. The lowest BCUT2D eigenvalue weighted by atomic mass is 9.82. The fraction of sp³-hybridized carbons (Fsp3) is 0.280. The molecule has 178 valence electrons. The third-order valence-corrected chi connectivity index (χ3v) is 6.27. The second-order valence-electron chi connectivity index (χ2n) is 7.64. The van der Waals surface area contributed by atoms with E-state index in [0.29, 0.717) is 36.4 Å². The van der Waals surface area contributed by atoms with Crippen LogP contribution in [-0.2, 0) is 19.1 Å². The van der Waals surface area contributed by atoms with Crippen LogP contribution in [0.5, 0.6) is 0 Å². The number of nitrogens with one attached hydrogen (secondary N) is 2. The van der Waals surface area contributed by atoms with Gasteiger partial charge < -0.3 is 20.5 Å². The van der Waals surface area contributed by atoms with Gasteiger partial charge in [0.05, 0.1) is 29.8 Å². The molecular weight excluding hydrogens is 456 g/mol. The van der Waals surface area contributed by atoms with Crippen LogP contribution in [-0.4, -0.2) is 41.2 Å². The van der Waals surface area contributed by atoms with E-state index in [9.17, 15) is 24.3 Å². The van der Waals surface area contributed by atoms with Crippen LogP contribution in [0.25, 0.3) is 0 Å². The summed E-state index contributed by atoms with van der Waals surface area (Å²) in [5.41, 5.74) is 1.56. The van der Waals surface area contributed by atoms with Crippen LogP contribution in [0.1, 0.15) is 30.1 Å². The van der Waals surface area contributed by atoms with Crippen molar-refractivity contribution in [1.82, 2.24) is 0 Å². The van der Waals surface area contributed by atoms with Gasteiger partial charge in [-0.1, -0.05) is 12.2 Å². The van der Waals surface area contributed by atoms with Crippen LogP contribution in [0, 0.1) is 11.8 Å². The summed E-state index contributed by atoms with van der Waals surface area (Å²) in [6.07, 6.45) is 4.38. The Bertz CT molecular complexity index is 1070. The third kappa shape index (κ3) is 6.95. The molecule has 3 N–H and O–H groups in total. The molecule has 2 amide bonds. The molecule has 1 aliphatic rings. The quantitative estimate of drug-likeness (QED) is 0.278. The lowest BCUT2D eigenvalue weighted by molar-refractivity contribution is -0.146. The zero-order valence-corrected chi connectivity index (χ0v) is 19.5. The van der Waals surface area contributed by atoms with Crippen LogP contribution < -0.4 is 10.6 Å². The van der Waals surface area contributed by atoms with Crippen molar-refractivity contribution in [2.45, 2.75) is 24.7 Å². The minimum atomic E-state index is -0.968. The second kappa shape index (κ2) is 12.0. The predicted molar refractivity (Wildman–Crippen MR) is 130 cm³/mol. The number of carboxylic acid groups (broad SMARTS) is 1. The van der Waals surface area contributed by atoms with Gasteiger partial charge in [-0.25, -0.2) is 4.79 Å². The first-order valence-corrected chi connectivity index (χ1v) is 11.8. The number of esters is 1. The summed E-state index contributed by atoms with van der Waals surface area (Å²) < 4.78 is 4.93. The van der Waals surface area contributed by atoms with Gasteiger partial charge in [-0.05, 0) is 68.3 Å². The maximum absolute atomic E-state index is 12.6. The number of rotatable bonds is 9. The molecule has 0 aromatic heterocycles. The first-order valence-electron chi connectivity index (χ1n) is 10.9. The normalized spacial score (nSPS) is 17.0. The fourth-order valence-corrected chi connectivity index (χ4v) is 4.19. The third-order valence-electron chi connectivity index (χ3n) is 5.26. The molecule has 3 rings (SSSR count). The molecule has 9 heteroatoms. The maximum atomic E-state index is 12.6. The van der Waals surface area contributed by atoms with Gasteiger partial charge in [0, 0.05) is 16.3 Å². The lowest BCUT2D eigenvalue weighted by Gasteiger charge is -2.24. The van der Waals surface area contributed by atoms with Crippen LogP contribution >= 0.6 is 11.8 Å². The number of allylic oxidation sites excluding steroid dienone is 2. The van der Waals surface area contributed by atoms with Crippen molar-refractivity contribution in [3.8, 4) is 0 Å². The first-order chi connectivity index (χ1) is 16.4. The number of carboxylic acids is 1. The highest BCUT2D eigenvalue weighted by atomic mass is 32.2. The molecule has 0 fully saturated rings. The van der Waals surface area contributed by atoms with Crippen molar-refractivity contribution in [3.63, 3.8) is 0 Å². The number of aliphatic carboxylic acids is 1. The van der Waals surface area contributed by atoms with E-state index in [0.717, 1.165) is 4.90 Å². The van der Waals surface area contributed by atoms with Crippen molar-refractivity contribution in [3.05, 3.63) is 66.2 Å². The van der Waals surface area contributed by atoms with Crippen LogP contribution in [0.4, 0.5) is 11.4 Å². The average molecular weight is 483 g/mol. The van der Waals surface area contributed by atoms with Gasteiger partial charge in [0.25, 0.3) is 0 Å². The molecule has 0 saturated carbocycles. The van der Waals surface area contributed by atoms with E-state index in [1.54, 1.807) is 61.5 Å². The smallest absolute Gasteiger partial charge is 0.338 e. The molecule has 2 unspecified atom stereocenters. The standard InChI is InChI=1S/C25H26N2O6S/c1-2-33-25(32)16-7-9-17(10-8-16)26-22(28)15-34-19-13-11-18(12-14-19)27-23(29)20-5-3-4-6-21(20)24(30)31/h3-4,7-14,20-21H,2,5-6,15H2,1H3,(H,26,28)(H,27,29)(H,30,31). The van der Waals surface area contributed by atoms with E-state index in [1.807, 2.05) is 6.08 Å². The molecule has 8 nitrogen and oxygen atoms in total. The maximum Gasteiger partial charge on any atom is 0.338 e. The molecule has 2 aromatic rings. The number of benzene rings is 2. The highest BCUT2D eigenvalue weighted by Gasteiger charge is 2.33. The van der Waals surface area contributed by atoms with Crippen molar-refractivity contribution >= 4 is 46.9 Å². The van der Waals surface area contributed by atoms with Crippen molar-refractivity contribution in [1.29, 1.82) is 0 Å². The lowest BCUT2D eigenvalue weighted by Crippen LogP contribution is -2.34. The monoisotopic (exact) mass is 482 g/mol. The van der Waals surface area contributed by atoms with Crippen LogP contribution in [0.3, 0.4) is 0 Å². The number of amides is 2. The zero-order valence-electron chi connectivity index (χ0n) is 18.7. The van der Waals surface area contributed by atoms with Crippen molar-refractivity contribution in [2.75, 3.05) is 23.0 Å². The Morgan fingerprint density at radius 3 is 2.12 bits per heavy atom. The first kappa shape index (κ1) is 25.0. The minimum Gasteiger partial charge on any atom is -0.481 e. The molecular formula is C25H26N2O6S. The van der Waals surface area contributed by atoms with Crippen LogP contribution in [0.2, 0.25) is 0 Å². The number of anilines is 2. The molecule has 0 radical (unpaired) electrons. The summed E-state index contributed by atoms with van der Waals surface area (Å²) in [6, 6.07) is 13.5. The molecule has 2 atom stereocenters. The largest absolute Gasteiger partial charge is 0.481 e. The van der Waals surface area contributed by atoms with E-state index in [4.69, 9.17) is 4.74 Å². The van der Waals surface area contributed by atoms with Gasteiger partial charge in [-0.2, -0.15) is 0 Å². The Morgan fingerprint density at radius 2 is 1.50 bits per heavy atom. The van der Waals surface area contributed by atoms with Crippen molar-refractivity contribution < 1.29 is 29.0 Å². The van der Waals surface area contributed by atoms with Crippen LogP contribution in [0.15, 0.2) is 65.6 Å². The fourth-order valence-electron chi connectivity index (χ4n) is 3.50. The Labute approximate surface area is 201 Å². The Hall–Kier alpha value is -3.59.